The number of halogens is 3. The minimum atomic E-state index is -4.27. The molecule has 0 spiro atoms. The summed E-state index contributed by atoms with van der Waals surface area (Å²) in [5.74, 6) is 0. The number of hydrogen-bond acceptors (Lipinski definition) is 1. The zero-order valence-electron chi connectivity index (χ0n) is 6.60. The third kappa shape index (κ3) is 4.52. The molecule has 0 unspecified atom stereocenters. The lowest BCUT2D eigenvalue weighted by Crippen LogP contribution is -2.35. The molecule has 0 atom stereocenters. The van der Waals surface area contributed by atoms with Crippen LogP contribution in [0.3, 0.4) is 0 Å². The molecule has 0 rings (SSSR count). The zero-order chi connectivity index (χ0) is 9.61. The fourth-order valence-corrected chi connectivity index (χ4v) is 3.85. The first-order valence-electron chi connectivity index (χ1n) is 3.41. The molecule has 0 aromatic heterocycles. The van der Waals surface area contributed by atoms with E-state index in [0.29, 0.717) is 0 Å². The lowest BCUT2D eigenvalue weighted by atomic mass is 10.7. The summed E-state index contributed by atoms with van der Waals surface area (Å²) < 4.78 is 41.1. The van der Waals surface area contributed by atoms with Gasteiger partial charge < -0.3 is 4.12 Å². The quantitative estimate of drug-likeness (QED) is 0.373. The third-order valence-corrected chi connectivity index (χ3v) is 5.40. The van der Waals surface area contributed by atoms with Crippen molar-refractivity contribution >= 4 is 18.4 Å². The Morgan fingerprint density at radius 3 is 1.92 bits per heavy atom. The summed E-state index contributed by atoms with van der Waals surface area (Å²) in [6.45, 7) is 6.57. The molecular weight excluding hydrogens is 201 g/mol. The summed E-state index contributed by atoms with van der Waals surface area (Å²) >= 11 is 0. The van der Waals surface area contributed by atoms with Crippen LogP contribution in [0.25, 0.3) is 0 Å². The predicted octanol–water partition coefficient (Wildman–Crippen LogP) is 2.44. The van der Waals surface area contributed by atoms with Gasteiger partial charge in [0, 0.05) is 12.1 Å². The van der Waals surface area contributed by atoms with Crippen molar-refractivity contribution in [3.05, 3.63) is 25.3 Å². The number of allylic oxidation sites excluding steroid dienone is 2. The van der Waals surface area contributed by atoms with Gasteiger partial charge in [-0.05, 0) is 0 Å². The van der Waals surface area contributed by atoms with E-state index >= 15 is 0 Å². The Morgan fingerprint density at radius 2 is 1.67 bits per heavy atom. The standard InChI is InChI=1S/C6H11F3OSi2/c1-3-5-12(9,6-4-2)10-11(7)8/h3-4,11H,1-2,5-6H2. The predicted molar refractivity (Wildman–Crippen MR) is 47.3 cm³/mol. The van der Waals surface area contributed by atoms with E-state index in [2.05, 4.69) is 17.3 Å². The highest BCUT2D eigenvalue weighted by molar-refractivity contribution is 6.72. The van der Waals surface area contributed by atoms with Crippen molar-refractivity contribution in [2.24, 2.45) is 0 Å². The molecule has 70 valence electrons. The van der Waals surface area contributed by atoms with E-state index < -0.39 is 18.4 Å². The highest BCUT2D eigenvalue weighted by atomic mass is 28.5. The molecule has 0 aromatic carbocycles. The van der Waals surface area contributed by atoms with Crippen molar-refractivity contribution in [3.63, 3.8) is 0 Å². The Morgan fingerprint density at radius 1 is 1.25 bits per heavy atom. The molecule has 0 heterocycles. The van der Waals surface area contributed by atoms with E-state index in [0.717, 1.165) is 0 Å². The summed E-state index contributed by atoms with van der Waals surface area (Å²) in [6, 6.07) is -0.202. The Balaban J connectivity index is 4.15. The van der Waals surface area contributed by atoms with Gasteiger partial charge in [-0.25, -0.2) is 8.22 Å². The van der Waals surface area contributed by atoms with Gasteiger partial charge in [0.15, 0.2) is 0 Å². The van der Waals surface area contributed by atoms with Gasteiger partial charge in [-0.1, -0.05) is 12.2 Å². The first-order chi connectivity index (χ1) is 5.54. The van der Waals surface area contributed by atoms with Gasteiger partial charge in [-0.15, -0.1) is 13.2 Å². The molecule has 1 nitrogen and oxygen atoms in total. The fourth-order valence-electron chi connectivity index (χ4n) is 0.770. The Labute approximate surface area is 72.9 Å². The fraction of sp³-hybridized carbons (Fsp3) is 0.333. The molecule has 0 N–H and O–H groups in total. The molecular formula is C6H11F3OSi2. The van der Waals surface area contributed by atoms with Crippen LogP contribution in [0.2, 0.25) is 12.1 Å². The zero-order valence-corrected chi connectivity index (χ0v) is 8.76. The van der Waals surface area contributed by atoms with E-state index in [1.165, 1.54) is 12.2 Å². The first-order valence-corrected chi connectivity index (χ1v) is 6.95. The molecule has 12 heavy (non-hydrogen) atoms. The molecule has 0 fully saturated rings. The molecule has 0 amide bonds. The second-order valence-corrected chi connectivity index (χ2v) is 6.29. The average Bonchev–Trinajstić information content (AvgIpc) is 1.85. The van der Waals surface area contributed by atoms with E-state index in [9.17, 15) is 12.3 Å². The smallest absolute Gasteiger partial charge is 0.386 e. The van der Waals surface area contributed by atoms with Crippen molar-refractivity contribution in [2.75, 3.05) is 0 Å². The molecule has 0 radical (unpaired) electrons. The van der Waals surface area contributed by atoms with Crippen LogP contribution in [0.1, 0.15) is 0 Å². The largest absolute Gasteiger partial charge is 0.553 e. The van der Waals surface area contributed by atoms with E-state index in [4.69, 9.17) is 0 Å². The van der Waals surface area contributed by atoms with E-state index in [1.807, 2.05) is 0 Å². The van der Waals surface area contributed by atoms with Crippen molar-refractivity contribution in [2.45, 2.75) is 12.1 Å². The Bertz CT molecular complexity index is 153. The van der Waals surface area contributed by atoms with Crippen molar-refractivity contribution in [3.8, 4) is 0 Å². The van der Waals surface area contributed by atoms with Crippen LogP contribution in [0.5, 0.6) is 0 Å². The molecule has 0 saturated carbocycles. The van der Waals surface area contributed by atoms with Gasteiger partial charge in [0.1, 0.15) is 0 Å². The summed E-state index contributed by atoms with van der Waals surface area (Å²) in [5, 5.41) is 0. The maximum absolute atomic E-state index is 13.4. The topological polar surface area (TPSA) is 9.23 Å². The first kappa shape index (κ1) is 11.7. The van der Waals surface area contributed by atoms with Crippen LogP contribution < -0.4 is 0 Å². The third-order valence-electron chi connectivity index (χ3n) is 1.20. The molecule has 0 aliphatic rings. The van der Waals surface area contributed by atoms with E-state index in [1.54, 1.807) is 0 Å². The Hall–Kier alpha value is -0.336. The van der Waals surface area contributed by atoms with Gasteiger partial charge in [-0.2, -0.15) is 0 Å². The highest BCUT2D eigenvalue weighted by Gasteiger charge is 2.37. The van der Waals surface area contributed by atoms with Gasteiger partial charge >= 0.3 is 18.4 Å². The summed E-state index contributed by atoms with van der Waals surface area (Å²) in [7, 11) is -8.00. The van der Waals surface area contributed by atoms with Gasteiger partial charge in [0.25, 0.3) is 0 Å². The number of hydrogen-bond donors (Lipinski definition) is 0. The Kier molecular flexibility index (Phi) is 5.18. The van der Waals surface area contributed by atoms with Gasteiger partial charge in [0.2, 0.25) is 0 Å². The van der Waals surface area contributed by atoms with Crippen LogP contribution in [0, 0.1) is 0 Å². The van der Waals surface area contributed by atoms with Crippen LogP contribution >= 0.6 is 0 Å². The summed E-state index contributed by atoms with van der Waals surface area (Å²) in [4.78, 5) is 0. The van der Waals surface area contributed by atoms with Crippen LogP contribution in [-0.4, -0.2) is 18.4 Å². The summed E-state index contributed by atoms with van der Waals surface area (Å²) in [5.41, 5.74) is 0. The second-order valence-electron chi connectivity index (χ2n) is 2.25. The molecule has 0 saturated heterocycles. The molecule has 0 aromatic rings. The molecule has 0 aliphatic heterocycles. The number of rotatable bonds is 6. The summed E-state index contributed by atoms with van der Waals surface area (Å²) in [6.07, 6.45) is 2.54. The SMILES string of the molecule is C=CC[Si](F)(CC=C)O[SiH](F)F. The molecule has 0 bridgehead atoms. The van der Waals surface area contributed by atoms with E-state index in [-0.39, 0.29) is 12.1 Å². The maximum Gasteiger partial charge on any atom is 0.553 e. The van der Waals surface area contributed by atoms with Crippen molar-refractivity contribution < 1.29 is 16.4 Å². The van der Waals surface area contributed by atoms with Gasteiger partial charge in [-0.3, -0.25) is 4.11 Å². The monoisotopic (exact) mass is 212 g/mol. The lowest BCUT2D eigenvalue weighted by Gasteiger charge is -2.18. The lowest BCUT2D eigenvalue weighted by molar-refractivity contribution is 0.377. The highest BCUT2D eigenvalue weighted by Crippen LogP contribution is 2.21. The van der Waals surface area contributed by atoms with Crippen LogP contribution in [0.15, 0.2) is 25.3 Å². The molecule has 0 aliphatic carbocycles. The normalized spacial score (nSPS) is 11.7. The maximum atomic E-state index is 13.4. The van der Waals surface area contributed by atoms with Gasteiger partial charge in [0.05, 0.1) is 0 Å². The second kappa shape index (κ2) is 5.33. The van der Waals surface area contributed by atoms with Crippen molar-refractivity contribution in [1.29, 1.82) is 0 Å². The minimum Gasteiger partial charge on any atom is -0.386 e. The molecule has 6 heteroatoms. The average molecular weight is 212 g/mol. The minimum absolute atomic E-state index is 0.101. The van der Waals surface area contributed by atoms with Crippen LogP contribution in [0.4, 0.5) is 12.3 Å². The van der Waals surface area contributed by atoms with Crippen molar-refractivity contribution in [1.82, 2.24) is 0 Å². The van der Waals surface area contributed by atoms with Crippen LogP contribution in [-0.2, 0) is 4.12 Å².